The molecule has 2 N–H and O–H groups in total. The molecule has 24 heavy (non-hydrogen) atoms. The maximum absolute atomic E-state index is 4.00. The van der Waals surface area contributed by atoms with Gasteiger partial charge in [-0.3, -0.25) is 0 Å². The lowest BCUT2D eigenvalue weighted by Gasteiger charge is -2.08. The summed E-state index contributed by atoms with van der Waals surface area (Å²) in [7, 11) is 0. The van der Waals surface area contributed by atoms with Crippen molar-refractivity contribution in [3.8, 4) is 12.8 Å². The van der Waals surface area contributed by atoms with Crippen molar-refractivity contribution in [2.75, 3.05) is 17.2 Å². The first-order valence-electron chi connectivity index (χ1n) is 7.98. The molecule has 0 fully saturated rings. The van der Waals surface area contributed by atoms with Gasteiger partial charge in [0.25, 0.3) is 0 Å². The van der Waals surface area contributed by atoms with Crippen LogP contribution >= 0.6 is 0 Å². The van der Waals surface area contributed by atoms with Crippen molar-refractivity contribution in [2.24, 2.45) is 0 Å². The smallest absolute Gasteiger partial charge is 0.0384 e. The predicted molar refractivity (Wildman–Crippen MR) is 107 cm³/mol. The third kappa shape index (κ3) is 6.89. The molecule has 2 aromatic rings. The first kappa shape index (κ1) is 19.1. The zero-order chi connectivity index (χ0) is 17.8. The number of hydrogen-bond acceptors (Lipinski definition) is 2. The lowest BCUT2D eigenvalue weighted by molar-refractivity contribution is 1.31. The number of terminal acetylenes is 1. The minimum absolute atomic E-state index is 0.802. The van der Waals surface area contributed by atoms with Crippen molar-refractivity contribution in [3.05, 3.63) is 83.6 Å². The van der Waals surface area contributed by atoms with E-state index in [0.29, 0.717) is 0 Å². The van der Waals surface area contributed by atoms with Gasteiger partial charge >= 0.3 is 0 Å². The molecule has 0 spiro atoms. The van der Waals surface area contributed by atoms with Crippen LogP contribution in [-0.4, -0.2) is 6.54 Å². The first-order chi connectivity index (χ1) is 11.7. The van der Waals surface area contributed by atoms with E-state index in [2.05, 4.69) is 104 Å². The first-order valence-corrected chi connectivity index (χ1v) is 7.98. The van der Waals surface area contributed by atoms with Crippen LogP contribution in [-0.2, 0) is 0 Å². The maximum Gasteiger partial charge on any atom is 0.0384 e. The van der Waals surface area contributed by atoms with E-state index < -0.39 is 0 Å². The van der Waals surface area contributed by atoms with Gasteiger partial charge in [-0.1, -0.05) is 47.5 Å². The Morgan fingerprint density at radius 2 is 1.38 bits per heavy atom. The van der Waals surface area contributed by atoms with Crippen LogP contribution in [0.4, 0.5) is 11.4 Å². The molecule has 0 aliphatic rings. The third-order valence-corrected chi connectivity index (χ3v) is 3.42. The van der Waals surface area contributed by atoms with Crippen molar-refractivity contribution in [1.82, 2.24) is 0 Å². The van der Waals surface area contributed by atoms with Crippen molar-refractivity contribution >= 4 is 11.4 Å². The minimum Gasteiger partial charge on any atom is -0.382 e. The molecule has 0 aromatic heterocycles. The summed E-state index contributed by atoms with van der Waals surface area (Å²) in [5.74, 6) is 0. The van der Waals surface area contributed by atoms with E-state index in [1.807, 2.05) is 6.92 Å². The average molecular weight is 318 g/mol. The van der Waals surface area contributed by atoms with E-state index in [1.165, 1.54) is 11.1 Å². The highest BCUT2D eigenvalue weighted by molar-refractivity contribution is 5.51. The molecule has 0 aliphatic heterocycles. The van der Waals surface area contributed by atoms with Crippen LogP contribution in [0.25, 0.3) is 0 Å². The normalized spacial score (nSPS) is 10.8. The fraction of sp³-hybridized carbons (Fsp3) is 0.182. The highest BCUT2D eigenvalue weighted by atomic mass is 14.9. The van der Waals surface area contributed by atoms with Crippen LogP contribution in [0.3, 0.4) is 0 Å². The van der Waals surface area contributed by atoms with Crippen molar-refractivity contribution < 1.29 is 0 Å². The van der Waals surface area contributed by atoms with Gasteiger partial charge < -0.3 is 10.6 Å². The van der Waals surface area contributed by atoms with Crippen LogP contribution in [0.15, 0.2) is 72.5 Å². The molecule has 0 bridgehead atoms. The number of aryl methyl sites for hydroxylation is 2. The van der Waals surface area contributed by atoms with Gasteiger partial charge in [0.1, 0.15) is 0 Å². The summed E-state index contributed by atoms with van der Waals surface area (Å²) in [6, 6.07) is 16.8. The predicted octanol–water partition coefficient (Wildman–Crippen LogP) is 5.54. The number of rotatable bonds is 6. The molecule has 2 nitrogen and oxygen atoms in total. The van der Waals surface area contributed by atoms with E-state index in [1.54, 1.807) is 0 Å². The largest absolute Gasteiger partial charge is 0.382 e. The summed E-state index contributed by atoms with van der Waals surface area (Å²) in [5, 5.41) is 6.79. The zero-order valence-corrected chi connectivity index (χ0v) is 14.7. The molecule has 0 amide bonds. The van der Waals surface area contributed by atoms with Gasteiger partial charge in [0.2, 0.25) is 0 Å². The summed E-state index contributed by atoms with van der Waals surface area (Å²) in [6.07, 6.45) is 14.3. The molecule has 0 aliphatic carbocycles. The molecule has 0 saturated carbocycles. The van der Waals surface area contributed by atoms with Crippen LogP contribution in [0, 0.1) is 26.7 Å². The van der Waals surface area contributed by atoms with Crippen molar-refractivity contribution in [1.29, 1.82) is 0 Å². The van der Waals surface area contributed by atoms with Crippen LogP contribution in [0.1, 0.15) is 18.1 Å². The van der Waals surface area contributed by atoms with Gasteiger partial charge in [0.15, 0.2) is 0 Å². The van der Waals surface area contributed by atoms with Gasteiger partial charge in [-0.15, -0.1) is 12.8 Å². The number of hydrogen-bond donors (Lipinski definition) is 2. The van der Waals surface area contributed by atoms with E-state index >= 15 is 0 Å². The van der Waals surface area contributed by atoms with Gasteiger partial charge in [0, 0.05) is 23.6 Å². The van der Waals surface area contributed by atoms with Crippen LogP contribution in [0.2, 0.25) is 0 Å². The molecule has 0 saturated heterocycles. The van der Waals surface area contributed by atoms with E-state index in [9.17, 15) is 0 Å². The standard InChI is InChI=1S/C20H24N2.C2H2/c1-4-18(22-20-13-9-17(3)10-14-20)6-5-15-21-19-11-7-16(2)8-12-19;1-2/h4-14,21-22H,15H2,1-3H3;1-2H/b6-5-,18-4+;. The Morgan fingerprint density at radius 3 is 1.88 bits per heavy atom. The van der Waals surface area contributed by atoms with Crippen molar-refractivity contribution in [2.45, 2.75) is 20.8 Å². The number of benzene rings is 2. The maximum atomic E-state index is 4.00. The number of nitrogens with one attached hydrogen (secondary N) is 2. The topological polar surface area (TPSA) is 24.1 Å². The van der Waals surface area contributed by atoms with Gasteiger partial charge in [-0.25, -0.2) is 0 Å². The van der Waals surface area contributed by atoms with E-state index in [4.69, 9.17) is 0 Å². The van der Waals surface area contributed by atoms with Gasteiger partial charge in [-0.05, 0) is 51.1 Å². The molecule has 2 rings (SSSR count). The fourth-order valence-electron chi connectivity index (χ4n) is 2.05. The van der Waals surface area contributed by atoms with Crippen molar-refractivity contribution in [3.63, 3.8) is 0 Å². The zero-order valence-electron chi connectivity index (χ0n) is 14.7. The second-order valence-electron chi connectivity index (χ2n) is 5.38. The summed E-state index contributed by atoms with van der Waals surface area (Å²) in [6.45, 7) is 7.03. The Labute approximate surface area is 146 Å². The third-order valence-electron chi connectivity index (χ3n) is 3.42. The summed E-state index contributed by atoms with van der Waals surface area (Å²) >= 11 is 0. The highest BCUT2D eigenvalue weighted by Crippen LogP contribution is 2.12. The Kier molecular flexibility index (Phi) is 8.57. The number of allylic oxidation sites excluding steroid dienone is 2. The summed E-state index contributed by atoms with van der Waals surface area (Å²) in [4.78, 5) is 0. The quantitative estimate of drug-likeness (QED) is 0.540. The molecule has 0 atom stereocenters. The molecule has 0 unspecified atom stereocenters. The molecule has 124 valence electrons. The Balaban J connectivity index is 0.00000139. The molecule has 0 heterocycles. The molecule has 2 aromatic carbocycles. The van der Waals surface area contributed by atoms with Crippen LogP contribution in [0.5, 0.6) is 0 Å². The fourth-order valence-corrected chi connectivity index (χ4v) is 2.05. The van der Waals surface area contributed by atoms with Crippen LogP contribution < -0.4 is 10.6 Å². The molecule has 0 radical (unpaired) electrons. The molecule has 2 heteroatoms. The Hall–Kier alpha value is -2.92. The van der Waals surface area contributed by atoms with Gasteiger partial charge in [-0.2, -0.15) is 0 Å². The summed E-state index contributed by atoms with van der Waals surface area (Å²) in [5.41, 5.74) is 5.89. The minimum atomic E-state index is 0.802. The lowest BCUT2D eigenvalue weighted by atomic mass is 10.2. The van der Waals surface area contributed by atoms with E-state index in [0.717, 1.165) is 23.6 Å². The second kappa shape index (κ2) is 10.7. The SMILES string of the molecule is C#C.C/C=C(\C=C/CNc1ccc(C)cc1)Nc1ccc(C)cc1. The second-order valence-corrected chi connectivity index (χ2v) is 5.38. The average Bonchev–Trinajstić information content (AvgIpc) is 2.62. The Bertz CT molecular complexity index is 674. The number of anilines is 2. The molecular formula is C22H26N2. The van der Waals surface area contributed by atoms with E-state index in [-0.39, 0.29) is 0 Å². The monoisotopic (exact) mass is 318 g/mol. The van der Waals surface area contributed by atoms with Gasteiger partial charge in [0.05, 0.1) is 0 Å². The summed E-state index contributed by atoms with van der Waals surface area (Å²) < 4.78 is 0. The Morgan fingerprint density at radius 1 is 0.875 bits per heavy atom. The highest BCUT2D eigenvalue weighted by Gasteiger charge is 1.94. The molecular weight excluding hydrogens is 292 g/mol. The lowest BCUT2D eigenvalue weighted by Crippen LogP contribution is -2.00.